The smallest absolute Gasteiger partial charge is 0.307 e. The normalized spacial score (nSPS) is 12.0. The average molecular weight is 316 g/mol. The summed E-state index contributed by atoms with van der Waals surface area (Å²) in [6.45, 7) is 0. The molecular weight excluding hydrogens is 288 g/mol. The quantitative estimate of drug-likeness (QED) is 0.398. The van der Waals surface area contributed by atoms with E-state index in [1.54, 1.807) is 0 Å². The molecule has 3 N–H and O–H groups in total. The van der Waals surface area contributed by atoms with Crippen LogP contribution >= 0.6 is 0 Å². The summed E-state index contributed by atoms with van der Waals surface area (Å²) >= 11 is 0. The summed E-state index contributed by atoms with van der Waals surface area (Å²) in [5, 5.41) is 26.0. The maximum absolute atomic E-state index is 10.9. The van der Waals surface area contributed by atoms with Gasteiger partial charge in [0.1, 0.15) is 0 Å². The fourth-order valence-electron chi connectivity index (χ4n) is 2.43. The number of carboxylic acid groups (broad SMARTS) is 3. The van der Waals surface area contributed by atoms with Gasteiger partial charge in [-0.1, -0.05) is 51.4 Å². The SMILES string of the molecule is O=C(O)CCCCCCCCCCCC(CC(=O)O)C(=O)O. The summed E-state index contributed by atoms with van der Waals surface area (Å²) in [5.41, 5.74) is 0. The third-order valence-electron chi connectivity index (χ3n) is 3.71. The molecule has 0 rings (SSSR count). The first kappa shape index (κ1) is 20.4. The lowest BCUT2D eigenvalue weighted by Crippen LogP contribution is -2.17. The van der Waals surface area contributed by atoms with Gasteiger partial charge < -0.3 is 15.3 Å². The molecule has 0 radical (unpaired) electrons. The Labute approximate surface area is 131 Å². The van der Waals surface area contributed by atoms with Crippen LogP contribution in [0.25, 0.3) is 0 Å². The van der Waals surface area contributed by atoms with Gasteiger partial charge in [-0.05, 0) is 12.8 Å². The highest BCUT2D eigenvalue weighted by atomic mass is 16.4. The molecule has 0 aliphatic heterocycles. The maximum Gasteiger partial charge on any atom is 0.307 e. The van der Waals surface area contributed by atoms with E-state index in [4.69, 9.17) is 15.3 Å². The van der Waals surface area contributed by atoms with Crippen LogP contribution in [-0.4, -0.2) is 33.2 Å². The summed E-state index contributed by atoms with van der Waals surface area (Å²) in [6.07, 6.45) is 9.18. The Bertz CT molecular complexity index is 340. The van der Waals surface area contributed by atoms with Crippen molar-refractivity contribution in [1.29, 1.82) is 0 Å². The summed E-state index contributed by atoms with van der Waals surface area (Å²) in [4.78, 5) is 31.7. The van der Waals surface area contributed by atoms with Gasteiger partial charge in [0, 0.05) is 6.42 Å². The Morgan fingerprint density at radius 3 is 1.50 bits per heavy atom. The zero-order valence-corrected chi connectivity index (χ0v) is 13.1. The molecule has 1 unspecified atom stereocenters. The van der Waals surface area contributed by atoms with E-state index >= 15 is 0 Å². The van der Waals surface area contributed by atoms with Gasteiger partial charge in [-0.3, -0.25) is 14.4 Å². The number of aliphatic carboxylic acids is 3. The number of carbonyl (C=O) groups is 3. The molecule has 0 aromatic rings. The van der Waals surface area contributed by atoms with E-state index in [0.717, 1.165) is 57.8 Å². The lowest BCUT2D eigenvalue weighted by atomic mass is 9.97. The summed E-state index contributed by atoms with van der Waals surface area (Å²) in [6, 6.07) is 0. The van der Waals surface area contributed by atoms with Gasteiger partial charge in [-0.2, -0.15) is 0 Å². The average Bonchev–Trinajstić information content (AvgIpc) is 2.42. The van der Waals surface area contributed by atoms with Crippen molar-refractivity contribution in [2.24, 2.45) is 5.92 Å². The molecule has 0 aliphatic carbocycles. The molecule has 0 bridgehead atoms. The second kappa shape index (κ2) is 13.1. The molecule has 1 atom stereocenters. The van der Waals surface area contributed by atoms with E-state index in [1.807, 2.05) is 0 Å². The second-order valence-corrected chi connectivity index (χ2v) is 5.75. The van der Waals surface area contributed by atoms with Gasteiger partial charge in [-0.15, -0.1) is 0 Å². The van der Waals surface area contributed by atoms with Crippen LogP contribution in [0.5, 0.6) is 0 Å². The molecule has 0 aromatic carbocycles. The van der Waals surface area contributed by atoms with E-state index in [2.05, 4.69) is 0 Å². The molecule has 0 fully saturated rings. The summed E-state index contributed by atoms with van der Waals surface area (Å²) in [5.74, 6) is -3.59. The molecular formula is C16H28O6. The van der Waals surface area contributed by atoms with E-state index in [9.17, 15) is 14.4 Å². The molecule has 0 aromatic heterocycles. The van der Waals surface area contributed by atoms with E-state index in [-0.39, 0.29) is 12.8 Å². The van der Waals surface area contributed by atoms with Gasteiger partial charge in [0.2, 0.25) is 0 Å². The first-order chi connectivity index (χ1) is 10.4. The molecule has 0 aliphatic rings. The van der Waals surface area contributed by atoms with Crippen molar-refractivity contribution in [2.45, 2.75) is 77.0 Å². The van der Waals surface area contributed by atoms with Crippen LogP contribution in [0.15, 0.2) is 0 Å². The molecule has 6 heteroatoms. The Morgan fingerprint density at radius 1 is 0.636 bits per heavy atom. The Morgan fingerprint density at radius 2 is 1.09 bits per heavy atom. The predicted molar refractivity (Wildman–Crippen MR) is 81.8 cm³/mol. The number of hydrogen-bond donors (Lipinski definition) is 3. The summed E-state index contributed by atoms with van der Waals surface area (Å²) < 4.78 is 0. The maximum atomic E-state index is 10.9. The van der Waals surface area contributed by atoms with Crippen molar-refractivity contribution in [3.8, 4) is 0 Å². The number of hydrogen-bond acceptors (Lipinski definition) is 3. The van der Waals surface area contributed by atoms with E-state index in [0.29, 0.717) is 6.42 Å². The molecule has 0 saturated carbocycles. The fourth-order valence-corrected chi connectivity index (χ4v) is 2.43. The van der Waals surface area contributed by atoms with Crippen LogP contribution in [0, 0.1) is 5.92 Å². The minimum Gasteiger partial charge on any atom is -0.481 e. The van der Waals surface area contributed by atoms with Crippen molar-refractivity contribution < 1.29 is 29.7 Å². The van der Waals surface area contributed by atoms with Gasteiger partial charge in [0.05, 0.1) is 12.3 Å². The van der Waals surface area contributed by atoms with Crippen LogP contribution < -0.4 is 0 Å². The van der Waals surface area contributed by atoms with Crippen molar-refractivity contribution >= 4 is 17.9 Å². The first-order valence-electron chi connectivity index (χ1n) is 8.10. The van der Waals surface area contributed by atoms with Crippen LogP contribution in [0.1, 0.15) is 77.0 Å². The van der Waals surface area contributed by atoms with Crippen molar-refractivity contribution in [3.05, 3.63) is 0 Å². The molecule has 0 heterocycles. The third-order valence-corrected chi connectivity index (χ3v) is 3.71. The van der Waals surface area contributed by atoms with Crippen molar-refractivity contribution in [2.75, 3.05) is 0 Å². The fraction of sp³-hybridized carbons (Fsp3) is 0.812. The zero-order chi connectivity index (χ0) is 16.8. The highest BCUT2D eigenvalue weighted by Crippen LogP contribution is 2.16. The van der Waals surface area contributed by atoms with Gasteiger partial charge in [0.25, 0.3) is 0 Å². The number of unbranched alkanes of at least 4 members (excludes halogenated alkanes) is 8. The largest absolute Gasteiger partial charge is 0.481 e. The third kappa shape index (κ3) is 13.4. The molecule has 0 spiro atoms. The van der Waals surface area contributed by atoms with Crippen LogP contribution in [0.4, 0.5) is 0 Å². The topological polar surface area (TPSA) is 112 Å². The second-order valence-electron chi connectivity index (χ2n) is 5.75. The zero-order valence-electron chi connectivity index (χ0n) is 13.1. The highest BCUT2D eigenvalue weighted by Gasteiger charge is 2.20. The Balaban J connectivity index is 3.40. The van der Waals surface area contributed by atoms with Crippen molar-refractivity contribution in [1.82, 2.24) is 0 Å². The molecule has 22 heavy (non-hydrogen) atoms. The van der Waals surface area contributed by atoms with Gasteiger partial charge in [0.15, 0.2) is 0 Å². The van der Waals surface area contributed by atoms with Crippen LogP contribution in [0.3, 0.4) is 0 Å². The highest BCUT2D eigenvalue weighted by molar-refractivity contribution is 5.77. The van der Waals surface area contributed by atoms with Crippen molar-refractivity contribution in [3.63, 3.8) is 0 Å². The molecule has 0 saturated heterocycles. The minimum atomic E-state index is -1.06. The first-order valence-corrected chi connectivity index (χ1v) is 8.10. The summed E-state index contributed by atoms with van der Waals surface area (Å²) in [7, 11) is 0. The molecule has 0 amide bonds. The molecule has 128 valence electrons. The predicted octanol–water partition coefficient (Wildman–Crippen LogP) is 3.54. The lowest BCUT2D eigenvalue weighted by molar-refractivity contribution is -0.148. The molecule has 6 nitrogen and oxygen atoms in total. The minimum absolute atomic E-state index is 0.251. The monoisotopic (exact) mass is 316 g/mol. The van der Waals surface area contributed by atoms with E-state index in [1.165, 1.54) is 0 Å². The standard InChI is InChI=1S/C16H28O6/c17-14(18)11-9-7-5-3-1-2-4-6-8-10-13(16(21)22)12-15(19)20/h13H,1-12H2,(H,17,18)(H,19,20)(H,21,22). The Hall–Kier alpha value is -1.59. The van der Waals surface area contributed by atoms with Gasteiger partial charge in [-0.25, -0.2) is 0 Å². The number of carboxylic acids is 3. The number of rotatable bonds is 15. The van der Waals surface area contributed by atoms with E-state index < -0.39 is 23.8 Å². The lowest BCUT2D eigenvalue weighted by Gasteiger charge is -2.09. The Kier molecular flexibility index (Phi) is 12.2. The van der Waals surface area contributed by atoms with Gasteiger partial charge >= 0.3 is 17.9 Å². The van der Waals surface area contributed by atoms with Crippen LogP contribution in [0.2, 0.25) is 0 Å². The van der Waals surface area contributed by atoms with Crippen LogP contribution in [-0.2, 0) is 14.4 Å².